The molecular formula is C24H43BO5. The third kappa shape index (κ3) is 9.63. The largest absolute Gasteiger partial charge is 0.494 e. The van der Waals surface area contributed by atoms with Crippen molar-refractivity contribution in [2.75, 3.05) is 7.11 Å². The standard InChI is InChI=1S/C17H27BO3.C5H12O.C2H4O/c1-7-14(8-2)19-15-11-9-13(10-12-15)18-20-16(3,4)17(5,6)21-18;1-5(2,3)6-4;1-2-3/h9-12,14H,7-8H2,1-6H3;1-4H3;2H,1H3. The van der Waals surface area contributed by atoms with Crippen LogP contribution in [0.1, 0.15) is 82.1 Å². The van der Waals surface area contributed by atoms with Crippen LogP contribution in [0.15, 0.2) is 24.3 Å². The Balaban J connectivity index is 0.000000791. The van der Waals surface area contributed by atoms with Gasteiger partial charge < -0.3 is 23.6 Å². The first-order valence-electron chi connectivity index (χ1n) is 10.8. The van der Waals surface area contributed by atoms with E-state index in [9.17, 15) is 0 Å². The molecule has 0 aliphatic carbocycles. The Labute approximate surface area is 185 Å². The van der Waals surface area contributed by atoms with Crippen molar-refractivity contribution in [1.82, 2.24) is 0 Å². The van der Waals surface area contributed by atoms with Gasteiger partial charge in [-0.05, 0) is 85.8 Å². The van der Waals surface area contributed by atoms with Gasteiger partial charge in [0.2, 0.25) is 0 Å². The summed E-state index contributed by atoms with van der Waals surface area (Å²) in [5, 5.41) is 0. The van der Waals surface area contributed by atoms with Crippen LogP contribution in [0.3, 0.4) is 0 Å². The van der Waals surface area contributed by atoms with Crippen molar-refractivity contribution < 1.29 is 23.6 Å². The Hall–Kier alpha value is -1.37. The van der Waals surface area contributed by atoms with Crippen molar-refractivity contribution in [3.8, 4) is 5.75 Å². The first-order chi connectivity index (χ1) is 13.8. The molecule has 1 aromatic carbocycles. The summed E-state index contributed by atoms with van der Waals surface area (Å²) in [6, 6.07) is 8.05. The number of benzene rings is 1. The van der Waals surface area contributed by atoms with E-state index in [1.165, 1.54) is 6.92 Å². The molecule has 1 aromatic rings. The number of carbonyl (C=O) groups excluding carboxylic acids is 1. The van der Waals surface area contributed by atoms with E-state index in [1.54, 1.807) is 7.11 Å². The lowest BCUT2D eigenvalue weighted by Crippen LogP contribution is -2.41. The lowest BCUT2D eigenvalue weighted by Gasteiger charge is -2.32. The van der Waals surface area contributed by atoms with Gasteiger partial charge in [-0.1, -0.05) is 26.0 Å². The zero-order valence-electron chi connectivity index (χ0n) is 21.0. The lowest BCUT2D eigenvalue weighted by molar-refractivity contribution is -0.106. The van der Waals surface area contributed by atoms with Crippen molar-refractivity contribution in [2.45, 2.75) is 105 Å². The number of aldehydes is 1. The second-order valence-corrected chi connectivity index (χ2v) is 9.27. The van der Waals surface area contributed by atoms with Crippen molar-refractivity contribution in [3.05, 3.63) is 24.3 Å². The quantitative estimate of drug-likeness (QED) is 0.483. The molecule has 0 spiro atoms. The van der Waals surface area contributed by atoms with E-state index in [2.05, 4.69) is 41.5 Å². The van der Waals surface area contributed by atoms with Crippen LogP contribution in [0.5, 0.6) is 5.75 Å². The molecule has 0 amide bonds. The number of carbonyl (C=O) groups is 1. The third-order valence-electron chi connectivity index (χ3n) is 5.23. The molecule has 1 aliphatic heterocycles. The highest BCUT2D eigenvalue weighted by atomic mass is 16.7. The first-order valence-corrected chi connectivity index (χ1v) is 10.8. The Morgan fingerprint density at radius 2 is 1.37 bits per heavy atom. The Bertz CT molecular complexity index is 585. The number of hydrogen-bond donors (Lipinski definition) is 0. The molecule has 0 unspecified atom stereocenters. The van der Waals surface area contributed by atoms with Gasteiger partial charge in [-0.3, -0.25) is 0 Å². The molecule has 30 heavy (non-hydrogen) atoms. The zero-order chi connectivity index (χ0) is 23.6. The fraction of sp³-hybridized carbons (Fsp3) is 0.708. The highest BCUT2D eigenvalue weighted by molar-refractivity contribution is 6.62. The summed E-state index contributed by atoms with van der Waals surface area (Å²) in [7, 11) is 1.40. The van der Waals surface area contributed by atoms with Crippen LogP contribution in [-0.4, -0.2) is 43.4 Å². The zero-order valence-corrected chi connectivity index (χ0v) is 21.0. The minimum absolute atomic E-state index is 0.0417. The predicted molar refractivity (Wildman–Crippen MR) is 126 cm³/mol. The predicted octanol–water partition coefficient (Wildman–Crippen LogP) is 5.19. The molecule has 2 rings (SSSR count). The highest BCUT2D eigenvalue weighted by Crippen LogP contribution is 2.36. The molecule has 1 saturated heterocycles. The number of rotatable bonds is 5. The summed E-state index contributed by atoms with van der Waals surface area (Å²) < 4.78 is 23.0. The van der Waals surface area contributed by atoms with E-state index < -0.39 is 0 Å². The van der Waals surface area contributed by atoms with Crippen LogP contribution in [0.4, 0.5) is 0 Å². The average Bonchev–Trinajstić information content (AvgIpc) is 2.88. The molecule has 0 radical (unpaired) electrons. The summed E-state index contributed by atoms with van der Waals surface area (Å²) in [6.45, 7) is 20.1. The minimum Gasteiger partial charge on any atom is -0.490 e. The SMILES string of the molecule is CC=O.CCC(CC)Oc1ccc(B2OC(C)(C)C(C)(C)O2)cc1.COC(C)(C)C. The van der Waals surface area contributed by atoms with E-state index in [1.807, 2.05) is 45.0 Å². The molecule has 1 heterocycles. The van der Waals surface area contributed by atoms with Gasteiger partial charge in [-0.25, -0.2) is 0 Å². The van der Waals surface area contributed by atoms with Gasteiger partial charge in [0, 0.05) is 7.11 Å². The van der Waals surface area contributed by atoms with Crippen LogP contribution < -0.4 is 10.2 Å². The smallest absolute Gasteiger partial charge is 0.490 e. The fourth-order valence-electron chi connectivity index (χ4n) is 2.33. The summed E-state index contributed by atoms with van der Waals surface area (Å²) in [4.78, 5) is 8.81. The summed E-state index contributed by atoms with van der Waals surface area (Å²) in [6.07, 6.45) is 3.08. The summed E-state index contributed by atoms with van der Waals surface area (Å²) in [5.41, 5.74) is 0.468. The van der Waals surface area contributed by atoms with Gasteiger partial charge in [0.1, 0.15) is 12.0 Å². The normalized spacial score (nSPS) is 16.9. The van der Waals surface area contributed by atoms with E-state index in [0.29, 0.717) is 0 Å². The van der Waals surface area contributed by atoms with Crippen molar-refractivity contribution in [3.63, 3.8) is 0 Å². The monoisotopic (exact) mass is 422 g/mol. The molecular weight excluding hydrogens is 379 g/mol. The van der Waals surface area contributed by atoms with E-state index in [4.69, 9.17) is 23.6 Å². The van der Waals surface area contributed by atoms with Gasteiger partial charge in [0.15, 0.2) is 0 Å². The molecule has 6 heteroatoms. The summed E-state index contributed by atoms with van der Waals surface area (Å²) in [5.74, 6) is 0.906. The third-order valence-corrected chi connectivity index (χ3v) is 5.23. The van der Waals surface area contributed by atoms with Crippen LogP contribution in [0.25, 0.3) is 0 Å². The molecule has 172 valence electrons. The maximum absolute atomic E-state index is 8.81. The second kappa shape index (κ2) is 12.5. The van der Waals surface area contributed by atoms with E-state index >= 15 is 0 Å². The number of methoxy groups -OCH3 is 1. The van der Waals surface area contributed by atoms with Crippen LogP contribution in [-0.2, 0) is 18.8 Å². The van der Waals surface area contributed by atoms with Crippen LogP contribution >= 0.6 is 0 Å². The second-order valence-electron chi connectivity index (χ2n) is 9.27. The molecule has 0 atom stereocenters. The van der Waals surface area contributed by atoms with Gasteiger partial charge in [0.25, 0.3) is 0 Å². The van der Waals surface area contributed by atoms with Crippen molar-refractivity contribution in [1.29, 1.82) is 0 Å². The van der Waals surface area contributed by atoms with E-state index in [0.717, 1.165) is 30.3 Å². The number of hydrogen-bond acceptors (Lipinski definition) is 5. The number of ether oxygens (including phenoxy) is 2. The van der Waals surface area contributed by atoms with Gasteiger partial charge in [0.05, 0.1) is 22.9 Å². The summed E-state index contributed by atoms with van der Waals surface area (Å²) >= 11 is 0. The van der Waals surface area contributed by atoms with Gasteiger partial charge >= 0.3 is 7.12 Å². The van der Waals surface area contributed by atoms with Gasteiger partial charge in [-0.15, -0.1) is 0 Å². The van der Waals surface area contributed by atoms with Crippen molar-refractivity contribution >= 4 is 18.9 Å². The molecule has 1 fully saturated rings. The topological polar surface area (TPSA) is 54.0 Å². The molecule has 0 aromatic heterocycles. The van der Waals surface area contributed by atoms with Crippen LogP contribution in [0, 0.1) is 0 Å². The molecule has 0 bridgehead atoms. The van der Waals surface area contributed by atoms with Gasteiger partial charge in [-0.2, -0.15) is 0 Å². The maximum atomic E-state index is 8.81. The van der Waals surface area contributed by atoms with Crippen LogP contribution in [0.2, 0.25) is 0 Å². The van der Waals surface area contributed by atoms with Crippen molar-refractivity contribution in [2.24, 2.45) is 0 Å². The Morgan fingerprint density at radius 3 is 1.67 bits per heavy atom. The van der Waals surface area contributed by atoms with E-state index in [-0.39, 0.29) is 30.0 Å². The first kappa shape index (κ1) is 28.6. The molecule has 0 saturated carbocycles. The maximum Gasteiger partial charge on any atom is 0.494 e. The minimum atomic E-state index is -0.308. The molecule has 5 nitrogen and oxygen atoms in total. The fourth-order valence-corrected chi connectivity index (χ4v) is 2.33. The molecule has 1 aliphatic rings. The Morgan fingerprint density at radius 1 is 1.00 bits per heavy atom. The highest BCUT2D eigenvalue weighted by Gasteiger charge is 2.51. The Kier molecular flexibility index (Phi) is 11.9. The molecule has 0 N–H and O–H groups in total. The average molecular weight is 422 g/mol. The lowest BCUT2D eigenvalue weighted by atomic mass is 9.79.